The number of benzene rings is 1. The maximum absolute atomic E-state index is 12.2. The van der Waals surface area contributed by atoms with Crippen LogP contribution >= 0.6 is 15.9 Å². The third kappa shape index (κ3) is 3.58. The fraction of sp³-hybridized carbons (Fsp3) is 0.133. The van der Waals surface area contributed by atoms with Crippen LogP contribution in [-0.4, -0.2) is 30.8 Å². The number of anilines is 1. The van der Waals surface area contributed by atoms with Crippen molar-refractivity contribution in [2.24, 2.45) is 0 Å². The van der Waals surface area contributed by atoms with Gasteiger partial charge in [0, 0.05) is 12.3 Å². The molecule has 0 atom stereocenters. The molecule has 2 heterocycles. The topological polar surface area (TPSA) is 119 Å². The highest BCUT2D eigenvalue weighted by molar-refractivity contribution is 9.10. The first-order valence-corrected chi connectivity index (χ1v) is 8.02. The highest BCUT2D eigenvalue weighted by Crippen LogP contribution is 2.25. The Labute approximate surface area is 150 Å². The number of nitrogens with zero attached hydrogens (tertiary/aromatic N) is 4. The number of hydrogen-bond acceptors (Lipinski definition) is 5. The molecule has 0 aliphatic carbocycles. The number of hydrogen-bond donors (Lipinski definition) is 2. The molecule has 0 aliphatic rings. The van der Waals surface area contributed by atoms with Crippen LogP contribution in [0.25, 0.3) is 0 Å². The molecule has 0 saturated carbocycles. The first-order valence-electron chi connectivity index (χ1n) is 7.23. The van der Waals surface area contributed by atoms with Crippen molar-refractivity contribution < 1.29 is 9.72 Å². The molecule has 2 aromatic heterocycles. The molecule has 0 spiro atoms. The van der Waals surface area contributed by atoms with Crippen molar-refractivity contribution in [3.63, 3.8) is 0 Å². The zero-order valence-corrected chi connectivity index (χ0v) is 14.6. The first-order chi connectivity index (χ1) is 12.0. The van der Waals surface area contributed by atoms with Gasteiger partial charge in [-0.3, -0.25) is 9.48 Å². The Morgan fingerprint density at radius 3 is 2.84 bits per heavy atom. The lowest BCUT2D eigenvalue weighted by atomic mass is 10.1. The minimum absolute atomic E-state index is 0.00524. The van der Waals surface area contributed by atoms with Gasteiger partial charge in [-0.15, -0.1) is 5.10 Å². The number of rotatable bonds is 5. The third-order valence-corrected chi connectivity index (χ3v) is 4.31. The zero-order valence-electron chi connectivity index (χ0n) is 13.1. The van der Waals surface area contributed by atoms with Crippen LogP contribution in [0.4, 0.5) is 11.6 Å². The number of aromatic nitrogens is 4. The average molecular weight is 405 g/mol. The summed E-state index contributed by atoms with van der Waals surface area (Å²) >= 11 is 3.00. The first kappa shape index (κ1) is 16.8. The van der Waals surface area contributed by atoms with E-state index in [-0.39, 0.29) is 16.0 Å². The summed E-state index contributed by atoms with van der Waals surface area (Å²) in [5.41, 5.74) is 2.16. The van der Waals surface area contributed by atoms with Crippen molar-refractivity contribution in [1.29, 1.82) is 0 Å². The standard InChI is InChI=1S/C15H13BrN6O3/c1-9-4-2-3-5-10(9)8-21-7-6-11(20-21)17-15(23)13-12(16)14(19-18-13)22(24)25/h2-7H,8H2,1H3,(H,18,19)(H,17,20,23). The molecule has 0 aliphatic heterocycles. The summed E-state index contributed by atoms with van der Waals surface area (Å²) in [5, 5.41) is 23.5. The van der Waals surface area contributed by atoms with E-state index in [0.29, 0.717) is 12.4 Å². The zero-order chi connectivity index (χ0) is 18.0. The van der Waals surface area contributed by atoms with Crippen molar-refractivity contribution in [3.05, 3.63) is 67.9 Å². The molecule has 0 radical (unpaired) electrons. The lowest BCUT2D eigenvalue weighted by molar-refractivity contribution is -0.390. The summed E-state index contributed by atoms with van der Waals surface area (Å²) < 4.78 is 1.69. The monoisotopic (exact) mass is 404 g/mol. The molecule has 1 amide bonds. The number of H-pyrrole nitrogens is 1. The molecule has 0 saturated heterocycles. The van der Waals surface area contributed by atoms with Crippen molar-refractivity contribution in [2.75, 3.05) is 5.32 Å². The largest absolute Gasteiger partial charge is 0.358 e. The molecular formula is C15H13BrN6O3. The number of carbonyl (C=O) groups excluding carboxylic acids is 1. The van der Waals surface area contributed by atoms with Crippen LogP contribution in [0.15, 0.2) is 41.0 Å². The minimum atomic E-state index is -0.662. The average Bonchev–Trinajstić information content (AvgIpc) is 3.16. The molecular weight excluding hydrogens is 392 g/mol. The number of nitrogens with one attached hydrogen (secondary N) is 2. The van der Waals surface area contributed by atoms with Crippen LogP contribution in [-0.2, 0) is 6.54 Å². The maximum Gasteiger partial charge on any atom is 0.357 e. The summed E-state index contributed by atoms with van der Waals surface area (Å²) in [7, 11) is 0. The molecule has 3 rings (SSSR count). The van der Waals surface area contributed by atoms with Crippen molar-refractivity contribution in [2.45, 2.75) is 13.5 Å². The van der Waals surface area contributed by atoms with E-state index in [1.165, 1.54) is 0 Å². The molecule has 10 heteroatoms. The number of aromatic amines is 1. The summed E-state index contributed by atoms with van der Waals surface area (Å²) in [5.74, 6) is -0.649. The molecule has 0 bridgehead atoms. The van der Waals surface area contributed by atoms with Gasteiger partial charge in [0.25, 0.3) is 5.91 Å². The quantitative estimate of drug-likeness (QED) is 0.500. The second-order valence-electron chi connectivity index (χ2n) is 5.27. The van der Waals surface area contributed by atoms with E-state index >= 15 is 0 Å². The smallest absolute Gasteiger partial charge is 0.357 e. The van der Waals surface area contributed by atoms with Crippen molar-refractivity contribution in [1.82, 2.24) is 20.0 Å². The lowest BCUT2D eigenvalue weighted by Gasteiger charge is -2.05. The van der Waals surface area contributed by atoms with Crippen molar-refractivity contribution >= 4 is 33.5 Å². The fourth-order valence-electron chi connectivity index (χ4n) is 2.24. The van der Waals surface area contributed by atoms with Crippen LogP contribution < -0.4 is 5.32 Å². The number of nitro groups is 1. The number of halogens is 1. The van der Waals surface area contributed by atoms with Crippen LogP contribution in [0.1, 0.15) is 21.6 Å². The van der Waals surface area contributed by atoms with Gasteiger partial charge in [-0.05, 0) is 38.9 Å². The highest BCUT2D eigenvalue weighted by Gasteiger charge is 2.25. The second kappa shape index (κ2) is 6.85. The summed E-state index contributed by atoms with van der Waals surface area (Å²) in [6.07, 6.45) is 1.74. The minimum Gasteiger partial charge on any atom is -0.358 e. The molecule has 1 aromatic carbocycles. The van der Waals surface area contributed by atoms with E-state index < -0.39 is 10.8 Å². The van der Waals surface area contributed by atoms with E-state index in [1.807, 2.05) is 31.2 Å². The number of aryl methyl sites for hydroxylation is 1. The molecule has 9 nitrogen and oxygen atoms in total. The normalized spacial score (nSPS) is 10.6. The van der Waals surface area contributed by atoms with Gasteiger partial charge in [-0.2, -0.15) is 5.10 Å². The van der Waals surface area contributed by atoms with E-state index in [2.05, 4.69) is 36.5 Å². The van der Waals surface area contributed by atoms with Gasteiger partial charge < -0.3 is 15.4 Å². The van der Waals surface area contributed by atoms with Gasteiger partial charge in [0.2, 0.25) is 0 Å². The second-order valence-corrected chi connectivity index (χ2v) is 6.06. The number of amides is 1. The molecule has 2 N–H and O–H groups in total. The predicted octanol–water partition coefficient (Wildman–Crippen LogP) is 2.89. The van der Waals surface area contributed by atoms with E-state index in [1.54, 1.807) is 16.9 Å². The summed E-state index contributed by atoms with van der Waals surface area (Å²) in [4.78, 5) is 22.3. The van der Waals surface area contributed by atoms with Crippen LogP contribution in [0.5, 0.6) is 0 Å². The summed E-state index contributed by atoms with van der Waals surface area (Å²) in [6.45, 7) is 2.59. The molecule has 0 unspecified atom stereocenters. The van der Waals surface area contributed by atoms with Gasteiger partial charge >= 0.3 is 5.82 Å². The van der Waals surface area contributed by atoms with Gasteiger partial charge in [0.1, 0.15) is 4.47 Å². The van der Waals surface area contributed by atoms with Gasteiger partial charge in [-0.1, -0.05) is 29.4 Å². The Morgan fingerprint density at radius 2 is 2.16 bits per heavy atom. The maximum atomic E-state index is 12.2. The van der Waals surface area contributed by atoms with E-state index in [0.717, 1.165) is 11.1 Å². The molecule has 128 valence electrons. The van der Waals surface area contributed by atoms with Crippen molar-refractivity contribution in [3.8, 4) is 0 Å². The molecule has 0 fully saturated rings. The van der Waals surface area contributed by atoms with E-state index in [9.17, 15) is 14.9 Å². The Bertz CT molecular complexity index is 948. The van der Waals surface area contributed by atoms with Gasteiger partial charge in [-0.25, -0.2) is 0 Å². The SMILES string of the molecule is Cc1ccccc1Cn1ccc(NC(=O)c2n[nH]c([N+](=O)[O-])c2Br)n1. The third-order valence-electron chi connectivity index (χ3n) is 3.56. The predicted molar refractivity (Wildman–Crippen MR) is 93.4 cm³/mol. The van der Waals surface area contributed by atoms with Gasteiger partial charge in [0.05, 0.1) is 6.54 Å². The lowest BCUT2D eigenvalue weighted by Crippen LogP contribution is -2.14. The van der Waals surface area contributed by atoms with Gasteiger partial charge in [0.15, 0.2) is 11.5 Å². The Morgan fingerprint density at radius 1 is 1.40 bits per heavy atom. The van der Waals surface area contributed by atoms with Crippen LogP contribution in [0.2, 0.25) is 0 Å². The Balaban J connectivity index is 1.72. The highest BCUT2D eigenvalue weighted by atomic mass is 79.9. The summed E-state index contributed by atoms with van der Waals surface area (Å²) in [6, 6.07) is 9.59. The molecule has 25 heavy (non-hydrogen) atoms. The Kier molecular flexibility index (Phi) is 4.61. The van der Waals surface area contributed by atoms with E-state index in [4.69, 9.17) is 0 Å². The Hall–Kier alpha value is -3.01. The fourth-order valence-corrected chi connectivity index (χ4v) is 2.75. The van der Waals surface area contributed by atoms with Crippen LogP contribution in [0, 0.1) is 17.0 Å². The molecule has 3 aromatic rings. The number of carbonyl (C=O) groups is 1. The van der Waals surface area contributed by atoms with Crippen LogP contribution in [0.3, 0.4) is 0 Å².